The van der Waals surface area contributed by atoms with Crippen molar-refractivity contribution in [3.8, 4) is 5.88 Å². The molecule has 2 aromatic rings. The lowest BCUT2D eigenvalue weighted by atomic mass is 10.00. The van der Waals surface area contributed by atoms with Gasteiger partial charge in [-0.3, -0.25) is 4.79 Å². The van der Waals surface area contributed by atoms with Crippen LogP contribution in [-0.2, 0) is 6.54 Å². The number of ether oxygens (including phenoxy) is 1. The van der Waals surface area contributed by atoms with Crippen molar-refractivity contribution >= 4 is 5.91 Å². The average molecular weight is 329 g/mol. The topological polar surface area (TPSA) is 73.1 Å². The third kappa shape index (κ3) is 3.25. The second-order valence-electron chi connectivity index (χ2n) is 5.98. The Morgan fingerprint density at radius 2 is 2.25 bits per heavy atom. The van der Waals surface area contributed by atoms with Crippen molar-refractivity contribution in [3.05, 3.63) is 36.0 Å². The maximum atomic E-state index is 13.0. The van der Waals surface area contributed by atoms with Crippen LogP contribution >= 0.6 is 0 Å². The highest BCUT2D eigenvalue weighted by atomic mass is 16.5. The smallest absolute Gasteiger partial charge is 0.256 e. The van der Waals surface area contributed by atoms with Crippen molar-refractivity contribution < 1.29 is 9.53 Å². The Morgan fingerprint density at radius 3 is 2.96 bits per heavy atom. The molecule has 0 spiro atoms. The van der Waals surface area contributed by atoms with Crippen molar-refractivity contribution in [2.75, 3.05) is 13.7 Å². The molecule has 0 bridgehead atoms. The first-order valence-electron chi connectivity index (χ1n) is 8.43. The molecule has 1 fully saturated rings. The van der Waals surface area contributed by atoms with Crippen LogP contribution in [0.5, 0.6) is 5.88 Å². The molecule has 0 aliphatic carbocycles. The number of methoxy groups -OCH3 is 1. The Labute approximate surface area is 141 Å². The number of aromatic nitrogens is 4. The largest absolute Gasteiger partial charge is 0.481 e. The zero-order valence-electron chi connectivity index (χ0n) is 14.2. The van der Waals surface area contributed by atoms with Gasteiger partial charge >= 0.3 is 0 Å². The Kier molecular flexibility index (Phi) is 5.08. The molecular formula is C17H23N5O2. The minimum Gasteiger partial charge on any atom is -0.481 e. The lowest BCUT2D eigenvalue weighted by Crippen LogP contribution is -2.39. The van der Waals surface area contributed by atoms with E-state index in [0.717, 1.165) is 44.6 Å². The zero-order chi connectivity index (χ0) is 16.9. The molecule has 7 nitrogen and oxygen atoms in total. The molecule has 0 unspecified atom stereocenters. The number of aryl methyl sites for hydroxylation is 1. The number of nitrogens with zero attached hydrogens (tertiary/aromatic N) is 5. The summed E-state index contributed by atoms with van der Waals surface area (Å²) in [5, 5.41) is 8.35. The number of likely N-dealkylation sites (tertiary alicyclic amines) is 1. The Hall–Kier alpha value is -2.44. The molecule has 1 amide bonds. The number of amides is 1. The summed E-state index contributed by atoms with van der Waals surface area (Å²) in [5.74, 6) is 1.37. The second kappa shape index (κ2) is 7.42. The normalized spacial score (nSPS) is 17.8. The summed E-state index contributed by atoms with van der Waals surface area (Å²) in [6, 6.07) is 3.45. The van der Waals surface area contributed by atoms with Crippen molar-refractivity contribution in [2.45, 2.75) is 45.2 Å². The van der Waals surface area contributed by atoms with Crippen LogP contribution in [0.15, 0.2) is 24.7 Å². The molecule has 2 aromatic heterocycles. The SMILES string of the molecule is CCCn1cnnc1[C@H]1CCCCN1C(=O)c1ccc(OC)nc1. The second-order valence-corrected chi connectivity index (χ2v) is 5.98. The van der Waals surface area contributed by atoms with Gasteiger partial charge in [0.1, 0.15) is 6.33 Å². The molecule has 0 saturated carbocycles. The molecule has 1 atom stereocenters. The number of rotatable bonds is 5. The summed E-state index contributed by atoms with van der Waals surface area (Å²) in [7, 11) is 1.56. The molecule has 0 N–H and O–H groups in total. The third-order valence-electron chi connectivity index (χ3n) is 4.36. The number of carbonyl (C=O) groups is 1. The third-order valence-corrected chi connectivity index (χ3v) is 4.36. The minimum absolute atomic E-state index is 0.0131. The molecule has 24 heavy (non-hydrogen) atoms. The maximum Gasteiger partial charge on any atom is 0.256 e. The van der Waals surface area contributed by atoms with Gasteiger partial charge in [0.05, 0.1) is 18.7 Å². The van der Waals surface area contributed by atoms with E-state index in [1.165, 1.54) is 0 Å². The van der Waals surface area contributed by atoms with Crippen molar-refractivity contribution in [1.29, 1.82) is 0 Å². The lowest BCUT2D eigenvalue weighted by Gasteiger charge is -2.35. The molecule has 1 saturated heterocycles. The lowest BCUT2D eigenvalue weighted by molar-refractivity contribution is 0.0594. The van der Waals surface area contributed by atoms with E-state index in [4.69, 9.17) is 4.74 Å². The monoisotopic (exact) mass is 329 g/mol. The maximum absolute atomic E-state index is 13.0. The standard InChI is InChI=1S/C17H23N5O2/c1-3-9-21-12-19-20-16(21)14-6-4-5-10-22(14)17(23)13-7-8-15(24-2)18-11-13/h7-8,11-12,14H,3-6,9-10H2,1-2H3/t14-/m1/s1. The average Bonchev–Trinajstić information content (AvgIpc) is 3.09. The number of hydrogen-bond acceptors (Lipinski definition) is 5. The predicted molar refractivity (Wildman–Crippen MR) is 88.7 cm³/mol. The molecule has 0 radical (unpaired) electrons. The summed E-state index contributed by atoms with van der Waals surface area (Å²) < 4.78 is 7.12. The van der Waals surface area contributed by atoms with E-state index in [1.54, 1.807) is 31.8 Å². The Morgan fingerprint density at radius 1 is 1.38 bits per heavy atom. The zero-order valence-corrected chi connectivity index (χ0v) is 14.2. The predicted octanol–water partition coefficient (Wildman–Crippen LogP) is 2.46. The van der Waals surface area contributed by atoms with Gasteiger partial charge in [-0.2, -0.15) is 0 Å². The Bertz CT molecular complexity index is 683. The van der Waals surface area contributed by atoms with Gasteiger partial charge in [-0.25, -0.2) is 4.98 Å². The van der Waals surface area contributed by atoms with E-state index >= 15 is 0 Å². The van der Waals surface area contributed by atoms with Crippen molar-refractivity contribution in [2.24, 2.45) is 0 Å². The van der Waals surface area contributed by atoms with Crippen LogP contribution in [0.2, 0.25) is 0 Å². The van der Waals surface area contributed by atoms with Crippen LogP contribution < -0.4 is 4.74 Å². The summed E-state index contributed by atoms with van der Waals surface area (Å²) in [5.41, 5.74) is 0.573. The highest BCUT2D eigenvalue weighted by Crippen LogP contribution is 2.31. The highest BCUT2D eigenvalue weighted by molar-refractivity contribution is 5.94. The number of carbonyl (C=O) groups excluding carboxylic acids is 1. The molecule has 7 heteroatoms. The molecule has 3 heterocycles. The van der Waals surface area contributed by atoms with E-state index in [2.05, 4.69) is 26.7 Å². The molecule has 1 aliphatic heterocycles. The summed E-state index contributed by atoms with van der Waals surface area (Å²) >= 11 is 0. The van der Waals surface area contributed by atoms with Crippen molar-refractivity contribution in [3.63, 3.8) is 0 Å². The summed E-state index contributed by atoms with van der Waals surface area (Å²) in [6.07, 6.45) is 7.35. The number of hydrogen-bond donors (Lipinski definition) is 0. The molecule has 3 rings (SSSR count). The van der Waals surface area contributed by atoms with Gasteiger partial charge in [-0.15, -0.1) is 10.2 Å². The van der Waals surface area contributed by atoms with Gasteiger partial charge in [0.2, 0.25) is 5.88 Å². The van der Waals surface area contributed by atoms with Crippen LogP contribution in [0.3, 0.4) is 0 Å². The van der Waals surface area contributed by atoms with Crippen LogP contribution in [-0.4, -0.2) is 44.2 Å². The van der Waals surface area contributed by atoms with Crippen LogP contribution in [0.25, 0.3) is 0 Å². The van der Waals surface area contributed by atoms with E-state index in [9.17, 15) is 4.79 Å². The first kappa shape index (κ1) is 16.4. The van der Waals surface area contributed by atoms with Gasteiger partial charge in [0.25, 0.3) is 5.91 Å². The number of pyridine rings is 1. The van der Waals surface area contributed by atoms with E-state index in [1.807, 2.05) is 4.90 Å². The van der Waals surface area contributed by atoms with Gasteiger partial charge in [-0.05, 0) is 31.7 Å². The van der Waals surface area contributed by atoms with E-state index in [0.29, 0.717) is 11.4 Å². The Balaban J connectivity index is 1.85. The fourth-order valence-corrected chi connectivity index (χ4v) is 3.17. The van der Waals surface area contributed by atoms with Crippen LogP contribution in [0, 0.1) is 0 Å². The fraction of sp³-hybridized carbons (Fsp3) is 0.529. The van der Waals surface area contributed by atoms with Crippen LogP contribution in [0.1, 0.15) is 54.8 Å². The van der Waals surface area contributed by atoms with E-state index in [-0.39, 0.29) is 11.9 Å². The molecular weight excluding hydrogens is 306 g/mol. The molecule has 1 aliphatic rings. The number of piperidine rings is 1. The van der Waals surface area contributed by atoms with Gasteiger partial charge < -0.3 is 14.2 Å². The van der Waals surface area contributed by atoms with Gasteiger partial charge in [-0.1, -0.05) is 6.92 Å². The summed E-state index contributed by atoms with van der Waals surface area (Å²) in [6.45, 7) is 3.72. The van der Waals surface area contributed by atoms with Gasteiger partial charge in [0, 0.05) is 25.4 Å². The van der Waals surface area contributed by atoms with Gasteiger partial charge in [0.15, 0.2) is 5.82 Å². The quantitative estimate of drug-likeness (QED) is 0.842. The van der Waals surface area contributed by atoms with E-state index < -0.39 is 0 Å². The first-order chi connectivity index (χ1) is 11.7. The highest BCUT2D eigenvalue weighted by Gasteiger charge is 2.32. The summed E-state index contributed by atoms with van der Waals surface area (Å²) in [4.78, 5) is 19.0. The fourth-order valence-electron chi connectivity index (χ4n) is 3.17. The molecule has 128 valence electrons. The first-order valence-corrected chi connectivity index (χ1v) is 8.43. The van der Waals surface area contributed by atoms with Crippen molar-refractivity contribution in [1.82, 2.24) is 24.6 Å². The van der Waals surface area contributed by atoms with Crippen LogP contribution in [0.4, 0.5) is 0 Å². The molecule has 0 aromatic carbocycles. The minimum atomic E-state index is -0.0256.